The summed E-state index contributed by atoms with van der Waals surface area (Å²) in [7, 11) is 3.05. The van der Waals surface area contributed by atoms with Gasteiger partial charge in [-0.1, -0.05) is 6.07 Å². The van der Waals surface area contributed by atoms with Gasteiger partial charge in [0.2, 0.25) is 11.5 Å². The van der Waals surface area contributed by atoms with E-state index in [9.17, 15) is 14.4 Å². The Labute approximate surface area is 132 Å². The molecule has 23 heavy (non-hydrogen) atoms. The van der Waals surface area contributed by atoms with Crippen LogP contribution in [0, 0.1) is 0 Å². The summed E-state index contributed by atoms with van der Waals surface area (Å²) in [6, 6.07) is 9.60. The first-order valence-corrected chi connectivity index (χ1v) is 6.87. The number of aromatic nitrogens is 1. The highest BCUT2D eigenvalue weighted by Gasteiger charge is 2.15. The molecule has 2 aromatic rings. The molecule has 0 atom stereocenters. The van der Waals surface area contributed by atoms with E-state index >= 15 is 0 Å². The molecule has 0 aliphatic heterocycles. The van der Waals surface area contributed by atoms with Crippen molar-refractivity contribution in [3.05, 3.63) is 58.5 Å². The van der Waals surface area contributed by atoms with Crippen LogP contribution in [0.5, 0.6) is 5.75 Å². The van der Waals surface area contributed by atoms with Crippen molar-refractivity contribution in [1.29, 1.82) is 0 Å². The summed E-state index contributed by atoms with van der Waals surface area (Å²) in [5.74, 6) is -0.0685. The first-order valence-electron chi connectivity index (χ1n) is 6.87. The second-order valence-electron chi connectivity index (χ2n) is 4.88. The van der Waals surface area contributed by atoms with Crippen LogP contribution in [0.2, 0.25) is 0 Å². The van der Waals surface area contributed by atoms with E-state index in [1.165, 1.54) is 37.4 Å². The fraction of sp³-hybridized carbons (Fsp3) is 0.188. The van der Waals surface area contributed by atoms with Crippen LogP contribution >= 0.6 is 0 Å². The predicted octanol–water partition coefficient (Wildman–Crippen LogP) is 1.09. The Hall–Kier alpha value is -3.09. The Kier molecular flexibility index (Phi) is 5.14. The zero-order chi connectivity index (χ0) is 16.8. The van der Waals surface area contributed by atoms with Crippen molar-refractivity contribution < 1.29 is 14.3 Å². The highest BCUT2D eigenvalue weighted by atomic mass is 16.5. The van der Waals surface area contributed by atoms with Crippen molar-refractivity contribution in [2.45, 2.75) is 0 Å². The molecule has 120 valence electrons. The number of pyridine rings is 1. The molecule has 2 amide bonds. The Balaban J connectivity index is 1.97. The third kappa shape index (κ3) is 4.44. The van der Waals surface area contributed by atoms with Crippen molar-refractivity contribution >= 4 is 17.5 Å². The molecule has 1 aromatic heterocycles. The lowest BCUT2D eigenvalue weighted by Crippen LogP contribution is -2.35. The van der Waals surface area contributed by atoms with Crippen molar-refractivity contribution in [2.75, 3.05) is 26.0 Å². The molecular formula is C16H17N3O4. The lowest BCUT2D eigenvalue weighted by atomic mass is 10.2. The molecule has 7 nitrogen and oxygen atoms in total. The number of methoxy groups -OCH3 is 1. The van der Waals surface area contributed by atoms with Gasteiger partial charge in [-0.2, -0.15) is 0 Å². The molecule has 2 N–H and O–H groups in total. The summed E-state index contributed by atoms with van der Waals surface area (Å²) in [6.07, 6.45) is 1.32. The van der Waals surface area contributed by atoms with Crippen LogP contribution in [0.15, 0.2) is 47.4 Å². The highest BCUT2D eigenvalue weighted by Crippen LogP contribution is 2.16. The van der Waals surface area contributed by atoms with E-state index < -0.39 is 0 Å². The third-order valence-electron chi connectivity index (χ3n) is 3.11. The largest absolute Gasteiger partial charge is 0.497 e. The third-order valence-corrected chi connectivity index (χ3v) is 3.11. The van der Waals surface area contributed by atoms with Gasteiger partial charge in [0, 0.05) is 31.1 Å². The maximum absolute atomic E-state index is 12.1. The standard InChI is InChI=1S/C16H17N3O4/c1-19(16(22)11-6-7-14(20)17-9-11)10-15(21)18-12-4-3-5-13(8-12)23-2/h3-9H,10H2,1-2H3,(H,17,20)(H,18,21). The monoisotopic (exact) mass is 315 g/mol. The van der Waals surface area contributed by atoms with Crippen LogP contribution in [-0.2, 0) is 4.79 Å². The zero-order valence-electron chi connectivity index (χ0n) is 12.8. The molecule has 0 aliphatic rings. The molecule has 0 saturated heterocycles. The number of carbonyl (C=O) groups is 2. The van der Waals surface area contributed by atoms with Gasteiger partial charge in [0.15, 0.2) is 0 Å². The number of ether oxygens (including phenoxy) is 1. The number of nitrogens with one attached hydrogen (secondary N) is 2. The normalized spacial score (nSPS) is 10.0. The van der Waals surface area contributed by atoms with E-state index in [4.69, 9.17) is 4.74 Å². The summed E-state index contributed by atoms with van der Waals surface area (Å²) in [6.45, 7) is -0.116. The van der Waals surface area contributed by atoms with Crippen LogP contribution in [0.4, 0.5) is 5.69 Å². The van der Waals surface area contributed by atoms with Gasteiger partial charge in [-0.05, 0) is 18.2 Å². The van der Waals surface area contributed by atoms with Gasteiger partial charge in [0.25, 0.3) is 5.91 Å². The number of carbonyl (C=O) groups excluding carboxylic acids is 2. The molecule has 0 aliphatic carbocycles. The number of aromatic amines is 1. The number of H-pyrrole nitrogens is 1. The number of hydrogen-bond donors (Lipinski definition) is 2. The van der Waals surface area contributed by atoms with Crippen molar-refractivity contribution in [1.82, 2.24) is 9.88 Å². The Bertz CT molecular complexity index is 749. The van der Waals surface area contributed by atoms with Gasteiger partial charge >= 0.3 is 0 Å². The first-order chi connectivity index (χ1) is 11.0. The second kappa shape index (κ2) is 7.26. The van der Waals surface area contributed by atoms with Crippen molar-refractivity contribution in [3.63, 3.8) is 0 Å². The number of anilines is 1. The van der Waals surface area contributed by atoms with Crippen LogP contribution in [0.1, 0.15) is 10.4 Å². The number of hydrogen-bond acceptors (Lipinski definition) is 4. The molecule has 1 heterocycles. The fourth-order valence-corrected chi connectivity index (χ4v) is 1.95. The lowest BCUT2D eigenvalue weighted by molar-refractivity contribution is -0.116. The SMILES string of the molecule is COc1cccc(NC(=O)CN(C)C(=O)c2ccc(=O)[nH]c2)c1. The van der Waals surface area contributed by atoms with Crippen LogP contribution in [0.25, 0.3) is 0 Å². The van der Waals surface area contributed by atoms with E-state index in [1.807, 2.05) is 0 Å². The topological polar surface area (TPSA) is 91.5 Å². The number of likely N-dealkylation sites (N-methyl/N-ethyl adjacent to an activating group) is 1. The number of benzene rings is 1. The minimum atomic E-state index is -0.359. The van der Waals surface area contributed by atoms with Gasteiger partial charge in [0.05, 0.1) is 19.2 Å². The second-order valence-corrected chi connectivity index (χ2v) is 4.88. The highest BCUT2D eigenvalue weighted by molar-refractivity contribution is 5.99. The van der Waals surface area contributed by atoms with Gasteiger partial charge in [-0.25, -0.2) is 0 Å². The minimum absolute atomic E-state index is 0.116. The summed E-state index contributed by atoms with van der Waals surface area (Å²) in [5.41, 5.74) is 0.598. The van der Waals surface area contributed by atoms with E-state index in [-0.39, 0.29) is 23.9 Å². The molecule has 0 bridgehead atoms. The van der Waals surface area contributed by atoms with Crippen LogP contribution in [-0.4, -0.2) is 42.4 Å². The molecule has 0 saturated carbocycles. The number of rotatable bonds is 5. The molecule has 7 heteroatoms. The lowest BCUT2D eigenvalue weighted by Gasteiger charge is -2.16. The average Bonchev–Trinajstić information content (AvgIpc) is 2.54. The Morgan fingerprint density at radius 1 is 1.26 bits per heavy atom. The van der Waals surface area contributed by atoms with E-state index in [2.05, 4.69) is 10.3 Å². The molecule has 0 radical (unpaired) electrons. The molecular weight excluding hydrogens is 298 g/mol. The fourth-order valence-electron chi connectivity index (χ4n) is 1.95. The van der Waals surface area contributed by atoms with Crippen LogP contribution < -0.4 is 15.6 Å². The summed E-state index contributed by atoms with van der Waals surface area (Å²) in [4.78, 5) is 38.8. The van der Waals surface area contributed by atoms with Gasteiger partial charge < -0.3 is 19.9 Å². The molecule has 0 spiro atoms. The Morgan fingerprint density at radius 2 is 2.04 bits per heavy atom. The van der Waals surface area contributed by atoms with Gasteiger partial charge in [-0.15, -0.1) is 0 Å². The van der Waals surface area contributed by atoms with Crippen molar-refractivity contribution in [2.24, 2.45) is 0 Å². The van der Waals surface area contributed by atoms with E-state index in [0.717, 1.165) is 0 Å². The number of amides is 2. The average molecular weight is 315 g/mol. The summed E-state index contributed by atoms with van der Waals surface area (Å²) >= 11 is 0. The van der Waals surface area contributed by atoms with E-state index in [0.29, 0.717) is 17.0 Å². The quantitative estimate of drug-likeness (QED) is 0.864. The summed E-state index contributed by atoms with van der Waals surface area (Å²) in [5, 5.41) is 2.69. The van der Waals surface area contributed by atoms with Crippen LogP contribution in [0.3, 0.4) is 0 Å². The minimum Gasteiger partial charge on any atom is -0.497 e. The first kappa shape index (κ1) is 16.3. The van der Waals surface area contributed by atoms with Gasteiger partial charge in [0.1, 0.15) is 5.75 Å². The number of nitrogens with zero attached hydrogens (tertiary/aromatic N) is 1. The smallest absolute Gasteiger partial charge is 0.255 e. The maximum Gasteiger partial charge on any atom is 0.255 e. The molecule has 1 aromatic carbocycles. The molecule has 0 unspecified atom stereocenters. The summed E-state index contributed by atoms with van der Waals surface area (Å²) < 4.78 is 5.08. The molecule has 2 rings (SSSR count). The molecule has 0 fully saturated rings. The zero-order valence-corrected chi connectivity index (χ0v) is 12.8. The Morgan fingerprint density at radius 3 is 2.70 bits per heavy atom. The maximum atomic E-state index is 12.1. The van der Waals surface area contributed by atoms with E-state index in [1.54, 1.807) is 24.3 Å². The predicted molar refractivity (Wildman–Crippen MR) is 85.6 cm³/mol. The van der Waals surface area contributed by atoms with Gasteiger partial charge in [-0.3, -0.25) is 14.4 Å². The van der Waals surface area contributed by atoms with Crippen molar-refractivity contribution in [3.8, 4) is 5.75 Å².